The van der Waals surface area contributed by atoms with Crippen LogP contribution in [0.25, 0.3) is 0 Å². The molecule has 0 saturated heterocycles. The van der Waals surface area contributed by atoms with E-state index in [-0.39, 0.29) is 0 Å². The van der Waals surface area contributed by atoms with E-state index in [2.05, 4.69) is 22.0 Å². The minimum Gasteiger partial charge on any atom is -0.395 e. The number of aromatic nitrogens is 4. The molecule has 0 aliphatic carbocycles. The Bertz CT molecular complexity index is 494. The van der Waals surface area contributed by atoms with Crippen LogP contribution < -0.4 is 5.73 Å². The second-order valence-corrected chi connectivity index (χ2v) is 4.69. The molecular weight excluding hydrogens is 234 g/mol. The van der Waals surface area contributed by atoms with Crippen LogP contribution in [-0.4, -0.2) is 19.7 Å². The second kappa shape index (κ2) is 5.18. The minimum absolute atomic E-state index is 0.755. The summed E-state index contributed by atoms with van der Waals surface area (Å²) in [6, 6.07) is 0. The zero-order valence-electron chi connectivity index (χ0n) is 9.92. The molecule has 0 radical (unpaired) electrons. The van der Waals surface area contributed by atoms with Gasteiger partial charge < -0.3 is 5.73 Å². The molecule has 0 amide bonds. The number of aryl methyl sites for hydroxylation is 2. The number of rotatable bonds is 4. The molecule has 2 rings (SSSR count). The molecule has 2 aromatic rings. The molecule has 2 heterocycles. The predicted molar refractivity (Wildman–Crippen MR) is 67.8 cm³/mol. The van der Waals surface area contributed by atoms with Crippen molar-refractivity contribution >= 4 is 17.4 Å². The average Bonchev–Trinajstić information content (AvgIpc) is 2.59. The van der Waals surface area contributed by atoms with Gasteiger partial charge in [0, 0.05) is 19.4 Å². The van der Waals surface area contributed by atoms with E-state index in [0.29, 0.717) is 0 Å². The third-order valence-corrected chi connectivity index (χ3v) is 3.43. The van der Waals surface area contributed by atoms with Gasteiger partial charge in [-0.1, -0.05) is 13.3 Å². The SMILES string of the molecule is CCCc1nn(C)c(Sc2cnccn2)c1N. The van der Waals surface area contributed by atoms with Gasteiger partial charge in [-0.3, -0.25) is 9.67 Å². The number of hydrogen-bond donors (Lipinski definition) is 1. The van der Waals surface area contributed by atoms with Crippen molar-refractivity contribution in [3.63, 3.8) is 0 Å². The zero-order chi connectivity index (χ0) is 12.3. The van der Waals surface area contributed by atoms with Gasteiger partial charge in [0.05, 0.1) is 17.6 Å². The molecule has 17 heavy (non-hydrogen) atoms. The molecule has 0 fully saturated rings. The summed E-state index contributed by atoms with van der Waals surface area (Å²) in [6.07, 6.45) is 6.98. The maximum Gasteiger partial charge on any atom is 0.123 e. The molecular formula is C11H15N5S. The Labute approximate surface area is 104 Å². The van der Waals surface area contributed by atoms with Gasteiger partial charge in [-0.2, -0.15) is 5.10 Å². The average molecular weight is 249 g/mol. The quantitative estimate of drug-likeness (QED) is 0.896. The monoisotopic (exact) mass is 249 g/mol. The van der Waals surface area contributed by atoms with Crippen molar-refractivity contribution in [1.82, 2.24) is 19.7 Å². The van der Waals surface area contributed by atoms with Crippen molar-refractivity contribution in [2.45, 2.75) is 29.8 Å². The lowest BCUT2D eigenvalue weighted by atomic mass is 10.2. The highest BCUT2D eigenvalue weighted by atomic mass is 32.2. The summed E-state index contributed by atoms with van der Waals surface area (Å²) in [5.74, 6) is 0. The smallest absolute Gasteiger partial charge is 0.123 e. The lowest BCUT2D eigenvalue weighted by Crippen LogP contribution is -1.94. The van der Waals surface area contributed by atoms with Crippen molar-refractivity contribution in [1.29, 1.82) is 0 Å². The van der Waals surface area contributed by atoms with E-state index < -0.39 is 0 Å². The van der Waals surface area contributed by atoms with Crippen LogP contribution in [0.1, 0.15) is 19.0 Å². The summed E-state index contributed by atoms with van der Waals surface area (Å²) in [6.45, 7) is 2.11. The molecule has 0 saturated carbocycles. The first kappa shape index (κ1) is 11.9. The van der Waals surface area contributed by atoms with Crippen LogP contribution in [0.3, 0.4) is 0 Å². The van der Waals surface area contributed by atoms with Crippen LogP contribution in [0.15, 0.2) is 28.6 Å². The van der Waals surface area contributed by atoms with Crippen LogP contribution in [0, 0.1) is 0 Å². The van der Waals surface area contributed by atoms with E-state index in [0.717, 1.165) is 34.3 Å². The molecule has 5 nitrogen and oxygen atoms in total. The third kappa shape index (κ3) is 2.58. The Balaban J connectivity index is 2.27. The highest BCUT2D eigenvalue weighted by Gasteiger charge is 2.14. The minimum atomic E-state index is 0.755. The van der Waals surface area contributed by atoms with E-state index in [1.807, 2.05) is 7.05 Å². The van der Waals surface area contributed by atoms with Gasteiger partial charge in [-0.25, -0.2) is 4.98 Å². The Morgan fingerprint density at radius 3 is 2.88 bits per heavy atom. The van der Waals surface area contributed by atoms with Gasteiger partial charge in [0.15, 0.2) is 0 Å². The van der Waals surface area contributed by atoms with Crippen molar-refractivity contribution < 1.29 is 0 Å². The lowest BCUT2D eigenvalue weighted by Gasteiger charge is -2.01. The number of anilines is 1. The fourth-order valence-corrected chi connectivity index (χ4v) is 2.38. The van der Waals surface area contributed by atoms with E-state index in [1.54, 1.807) is 23.3 Å². The molecule has 6 heteroatoms. The molecule has 0 aromatic carbocycles. The van der Waals surface area contributed by atoms with Crippen LogP contribution in [0.5, 0.6) is 0 Å². The number of nitrogens with two attached hydrogens (primary N) is 1. The molecule has 0 aliphatic rings. The second-order valence-electron chi connectivity index (χ2n) is 3.68. The standard InChI is InChI=1S/C11H15N5S/c1-3-4-8-10(12)11(16(2)15-8)17-9-7-13-5-6-14-9/h5-7H,3-4,12H2,1-2H3. The van der Waals surface area contributed by atoms with Crippen molar-refractivity contribution in [3.8, 4) is 0 Å². The highest BCUT2D eigenvalue weighted by molar-refractivity contribution is 7.99. The highest BCUT2D eigenvalue weighted by Crippen LogP contribution is 2.32. The molecule has 0 spiro atoms. The van der Waals surface area contributed by atoms with Crippen LogP contribution in [-0.2, 0) is 13.5 Å². The van der Waals surface area contributed by atoms with Gasteiger partial charge >= 0.3 is 0 Å². The first-order chi connectivity index (χ1) is 8.22. The summed E-state index contributed by atoms with van der Waals surface area (Å²) < 4.78 is 1.81. The lowest BCUT2D eigenvalue weighted by molar-refractivity contribution is 0.681. The first-order valence-corrected chi connectivity index (χ1v) is 6.29. The van der Waals surface area contributed by atoms with Gasteiger partial charge in [-0.05, 0) is 18.2 Å². The fraction of sp³-hybridized carbons (Fsp3) is 0.364. The number of nitrogen functional groups attached to an aromatic ring is 1. The van der Waals surface area contributed by atoms with Gasteiger partial charge in [0.1, 0.15) is 10.1 Å². The summed E-state index contributed by atoms with van der Waals surface area (Å²) in [5, 5.41) is 6.17. The summed E-state index contributed by atoms with van der Waals surface area (Å²) in [5.41, 5.74) is 7.80. The summed E-state index contributed by atoms with van der Waals surface area (Å²) in [7, 11) is 1.90. The molecule has 90 valence electrons. The van der Waals surface area contributed by atoms with Crippen molar-refractivity contribution in [2.24, 2.45) is 7.05 Å². The van der Waals surface area contributed by atoms with E-state index in [4.69, 9.17) is 5.73 Å². The Morgan fingerprint density at radius 1 is 1.41 bits per heavy atom. The zero-order valence-corrected chi connectivity index (χ0v) is 10.7. The van der Waals surface area contributed by atoms with Crippen LogP contribution >= 0.6 is 11.8 Å². The fourth-order valence-electron chi connectivity index (χ4n) is 1.56. The molecule has 0 atom stereocenters. The molecule has 0 bridgehead atoms. The van der Waals surface area contributed by atoms with E-state index >= 15 is 0 Å². The molecule has 2 N–H and O–H groups in total. The molecule has 0 unspecified atom stereocenters. The summed E-state index contributed by atoms with van der Waals surface area (Å²) >= 11 is 1.49. The summed E-state index contributed by atoms with van der Waals surface area (Å²) in [4.78, 5) is 8.24. The van der Waals surface area contributed by atoms with E-state index in [1.165, 1.54) is 11.8 Å². The molecule has 2 aromatic heterocycles. The van der Waals surface area contributed by atoms with Gasteiger partial charge in [0.25, 0.3) is 0 Å². The normalized spacial score (nSPS) is 10.7. The largest absolute Gasteiger partial charge is 0.395 e. The predicted octanol–water partition coefficient (Wildman–Crippen LogP) is 1.90. The Hall–Kier alpha value is -1.56. The maximum atomic E-state index is 6.09. The van der Waals surface area contributed by atoms with Gasteiger partial charge in [-0.15, -0.1) is 0 Å². The topological polar surface area (TPSA) is 69.6 Å². The van der Waals surface area contributed by atoms with Gasteiger partial charge in [0.2, 0.25) is 0 Å². The first-order valence-electron chi connectivity index (χ1n) is 5.47. The Morgan fingerprint density at radius 2 is 2.24 bits per heavy atom. The Kier molecular flexibility index (Phi) is 3.63. The van der Waals surface area contributed by atoms with Crippen molar-refractivity contribution in [2.75, 3.05) is 5.73 Å². The van der Waals surface area contributed by atoms with Crippen LogP contribution in [0.2, 0.25) is 0 Å². The van der Waals surface area contributed by atoms with E-state index in [9.17, 15) is 0 Å². The maximum absolute atomic E-state index is 6.09. The van der Waals surface area contributed by atoms with Crippen molar-refractivity contribution in [3.05, 3.63) is 24.3 Å². The number of hydrogen-bond acceptors (Lipinski definition) is 5. The van der Waals surface area contributed by atoms with Crippen LogP contribution in [0.4, 0.5) is 5.69 Å². The number of nitrogens with zero attached hydrogens (tertiary/aromatic N) is 4. The molecule has 0 aliphatic heterocycles. The third-order valence-electron chi connectivity index (χ3n) is 2.33.